The van der Waals surface area contributed by atoms with Crippen molar-refractivity contribution in [3.63, 3.8) is 0 Å². The van der Waals surface area contributed by atoms with E-state index in [0.29, 0.717) is 19.3 Å². The van der Waals surface area contributed by atoms with E-state index in [1.54, 1.807) is 12.1 Å². The van der Waals surface area contributed by atoms with Gasteiger partial charge in [-0.2, -0.15) is 5.10 Å². The number of carboxylic acids is 1. The molecule has 1 unspecified atom stereocenters. The van der Waals surface area contributed by atoms with Crippen molar-refractivity contribution in [3.05, 3.63) is 65.6 Å². The van der Waals surface area contributed by atoms with E-state index in [1.807, 2.05) is 11.6 Å². The Hall–Kier alpha value is -2.95. The molecule has 1 atom stereocenters. The van der Waals surface area contributed by atoms with Crippen molar-refractivity contribution >= 4 is 22.4 Å². The average Bonchev–Trinajstić information content (AvgIpc) is 3.12. The molecule has 4 nitrogen and oxygen atoms in total. The molecule has 0 fully saturated rings. The minimum atomic E-state index is -0.701. The highest BCUT2D eigenvalue weighted by Crippen LogP contribution is 2.42. The van der Waals surface area contributed by atoms with Gasteiger partial charge in [0.1, 0.15) is 5.82 Å². The summed E-state index contributed by atoms with van der Waals surface area (Å²) < 4.78 is 15.2. The zero-order valence-electron chi connectivity index (χ0n) is 16.8. The van der Waals surface area contributed by atoms with Gasteiger partial charge in [0.15, 0.2) is 0 Å². The predicted molar refractivity (Wildman–Crippen MR) is 113 cm³/mol. The summed E-state index contributed by atoms with van der Waals surface area (Å²) in [6.07, 6.45) is 5.50. The fraction of sp³-hybridized carbons (Fsp3) is 0.333. The standard InChI is InChI=1S/C24H25FN2O2/c1-3-21-20-10-5-17(16-11-13-24(4-2,14-12-16)23(28)29)15-22(20)27(26-21)19-8-6-18(25)7-9-19/h5-11,15H,3-4,12-14H2,1-2H3,(H,28,29). The smallest absolute Gasteiger partial charge is 0.309 e. The van der Waals surface area contributed by atoms with Crippen LogP contribution in [0.2, 0.25) is 0 Å². The molecule has 1 aliphatic rings. The van der Waals surface area contributed by atoms with E-state index in [-0.39, 0.29) is 5.82 Å². The Kier molecular flexibility index (Phi) is 4.99. The second-order valence-corrected chi connectivity index (χ2v) is 7.79. The summed E-state index contributed by atoms with van der Waals surface area (Å²) in [4.78, 5) is 11.7. The van der Waals surface area contributed by atoms with Gasteiger partial charge < -0.3 is 5.11 Å². The van der Waals surface area contributed by atoms with Gasteiger partial charge in [-0.3, -0.25) is 4.79 Å². The first kappa shape index (κ1) is 19.4. The van der Waals surface area contributed by atoms with Crippen LogP contribution in [0.3, 0.4) is 0 Å². The molecule has 5 heteroatoms. The highest BCUT2D eigenvalue weighted by atomic mass is 19.1. The summed E-state index contributed by atoms with van der Waals surface area (Å²) in [5.74, 6) is -0.973. The Morgan fingerprint density at radius 2 is 1.97 bits per heavy atom. The summed E-state index contributed by atoms with van der Waals surface area (Å²) in [5, 5.41) is 15.5. The first-order valence-corrected chi connectivity index (χ1v) is 10.2. The molecule has 1 aliphatic carbocycles. The molecule has 4 rings (SSSR count). The van der Waals surface area contributed by atoms with Crippen molar-refractivity contribution in [2.45, 2.75) is 46.0 Å². The van der Waals surface area contributed by atoms with Crippen LogP contribution in [0, 0.1) is 11.2 Å². The number of fused-ring (bicyclic) bond motifs is 1. The van der Waals surface area contributed by atoms with Crippen LogP contribution in [0.5, 0.6) is 0 Å². The number of allylic oxidation sites excluding steroid dienone is 2. The maximum absolute atomic E-state index is 13.4. The number of carboxylic acid groups (broad SMARTS) is 1. The lowest BCUT2D eigenvalue weighted by molar-refractivity contribution is -0.149. The molecule has 0 bridgehead atoms. The second-order valence-electron chi connectivity index (χ2n) is 7.79. The molecule has 1 aromatic heterocycles. The van der Waals surface area contributed by atoms with Gasteiger partial charge in [0.2, 0.25) is 0 Å². The topological polar surface area (TPSA) is 55.1 Å². The molecular weight excluding hydrogens is 367 g/mol. The Balaban J connectivity index is 1.77. The van der Waals surface area contributed by atoms with E-state index in [4.69, 9.17) is 5.10 Å². The van der Waals surface area contributed by atoms with Gasteiger partial charge in [0, 0.05) is 5.39 Å². The normalized spacial score (nSPS) is 19.3. The van der Waals surface area contributed by atoms with Gasteiger partial charge >= 0.3 is 5.97 Å². The SMILES string of the molecule is CCc1nn(-c2ccc(F)cc2)c2cc(C3=CCC(CC)(C(=O)O)CC3)ccc12. The van der Waals surface area contributed by atoms with E-state index in [2.05, 4.69) is 31.2 Å². The molecule has 0 saturated carbocycles. The van der Waals surface area contributed by atoms with E-state index in [9.17, 15) is 14.3 Å². The van der Waals surface area contributed by atoms with Gasteiger partial charge in [-0.1, -0.05) is 32.1 Å². The van der Waals surface area contributed by atoms with Crippen LogP contribution < -0.4 is 0 Å². The molecule has 0 spiro atoms. The predicted octanol–water partition coefficient (Wildman–Crippen LogP) is 5.78. The Labute approximate surface area is 169 Å². The summed E-state index contributed by atoms with van der Waals surface area (Å²) in [7, 11) is 0. The van der Waals surface area contributed by atoms with Gasteiger partial charge in [-0.25, -0.2) is 9.07 Å². The molecule has 1 heterocycles. The first-order chi connectivity index (χ1) is 14.0. The monoisotopic (exact) mass is 392 g/mol. The van der Waals surface area contributed by atoms with Gasteiger partial charge in [-0.05, 0) is 73.6 Å². The Morgan fingerprint density at radius 3 is 2.55 bits per heavy atom. The number of carbonyl (C=O) groups is 1. The summed E-state index contributed by atoms with van der Waals surface area (Å²) in [5.41, 5.74) is 4.45. The van der Waals surface area contributed by atoms with Crippen molar-refractivity contribution in [2.75, 3.05) is 0 Å². The number of nitrogens with zero attached hydrogens (tertiary/aromatic N) is 2. The third-order valence-corrected chi connectivity index (χ3v) is 6.28. The summed E-state index contributed by atoms with van der Waals surface area (Å²) in [6.45, 7) is 4.02. The van der Waals surface area contributed by atoms with Crippen LogP contribution in [-0.2, 0) is 11.2 Å². The number of aromatic nitrogens is 2. The Bertz CT molecular complexity index is 1100. The summed E-state index contributed by atoms with van der Waals surface area (Å²) in [6, 6.07) is 12.7. The quantitative estimate of drug-likeness (QED) is 0.599. The largest absolute Gasteiger partial charge is 0.481 e. The number of aryl methyl sites for hydroxylation is 1. The fourth-order valence-electron chi connectivity index (χ4n) is 4.24. The average molecular weight is 392 g/mol. The van der Waals surface area contributed by atoms with Crippen LogP contribution in [-0.4, -0.2) is 20.9 Å². The number of halogens is 1. The van der Waals surface area contributed by atoms with E-state index < -0.39 is 11.4 Å². The van der Waals surface area contributed by atoms with Crippen LogP contribution in [0.25, 0.3) is 22.2 Å². The lowest BCUT2D eigenvalue weighted by Crippen LogP contribution is -2.31. The lowest BCUT2D eigenvalue weighted by atomic mass is 9.72. The van der Waals surface area contributed by atoms with Crippen molar-refractivity contribution in [1.29, 1.82) is 0 Å². The van der Waals surface area contributed by atoms with Crippen LogP contribution in [0.4, 0.5) is 4.39 Å². The third kappa shape index (κ3) is 3.35. The molecule has 0 amide bonds. The Morgan fingerprint density at radius 1 is 1.21 bits per heavy atom. The van der Waals surface area contributed by atoms with Crippen LogP contribution in [0.1, 0.15) is 50.8 Å². The third-order valence-electron chi connectivity index (χ3n) is 6.28. The van der Waals surface area contributed by atoms with Crippen molar-refractivity contribution < 1.29 is 14.3 Å². The maximum Gasteiger partial charge on any atom is 0.309 e. The van der Waals surface area contributed by atoms with Gasteiger partial charge in [0.25, 0.3) is 0 Å². The zero-order chi connectivity index (χ0) is 20.6. The molecule has 150 valence electrons. The minimum absolute atomic E-state index is 0.271. The van der Waals surface area contributed by atoms with Gasteiger partial charge in [-0.15, -0.1) is 0 Å². The van der Waals surface area contributed by atoms with E-state index in [0.717, 1.165) is 40.7 Å². The molecule has 0 aliphatic heterocycles. The molecule has 0 saturated heterocycles. The number of hydrogen-bond donors (Lipinski definition) is 1. The number of hydrogen-bond acceptors (Lipinski definition) is 2. The highest BCUT2D eigenvalue weighted by molar-refractivity contribution is 5.87. The van der Waals surface area contributed by atoms with Crippen LogP contribution in [0.15, 0.2) is 48.5 Å². The molecule has 29 heavy (non-hydrogen) atoms. The minimum Gasteiger partial charge on any atom is -0.481 e. The number of rotatable bonds is 5. The first-order valence-electron chi connectivity index (χ1n) is 10.2. The molecule has 2 aromatic carbocycles. The molecule has 1 N–H and O–H groups in total. The lowest BCUT2D eigenvalue weighted by Gasteiger charge is -2.31. The van der Waals surface area contributed by atoms with Crippen molar-refractivity contribution in [2.24, 2.45) is 5.41 Å². The van der Waals surface area contributed by atoms with E-state index >= 15 is 0 Å². The van der Waals surface area contributed by atoms with Crippen molar-refractivity contribution in [3.8, 4) is 5.69 Å². The van der Waals surface area contributed by atoms with Crippen LogP contribution >= 0.6 is 0 Å². The van der Waals surface area contributed by atoms with E-state index in [1.165, 1.54) is 17.7 Å². The zero-order valence-corrected chi connectivity index (χ0v) is 16.8. The number of benzene rings is 2. The number of aliphatic carboxylic acids is 1. The molecule has 0 radical (unpaired) electrons. The molecule has 3 aromatic rings. The molecular formula is C24H25FN2O2. The highest BCUT2D eigenvalue weighted by Gasteiger charge is 2.37. The maximum atomic E-state index is 13.4. The summed E-state index contributed by atoms with van der Waals surface area (Å²) >= 11 is 0. The van der Waals surface area contributed by atoms with Crippen molar-refractivity contribution in [1.82, 2.24) is 9.78 Å². The fourth-order valence-corrected chi connectivity index (χ4v) is 4.24. The van der Waals surface area contributed by atoms with Gasteiger partial charge in [0.05, 0.1) is 22.3 Å². The second kappa shape index (κ2) is 7.47.